The zero-order valence-electron chi connectivity index (χ0n) is 21.5. The maximum atomic E-state index is 3.79. The molecule has 1 heteroatoms. The minimum atomic E-state index is 1.19. The summed E-state index contributed by atoms with van der Waals surface area (Å²) in [6, 6.07) is 0. The van der Waals surface area contributed by atoms with Crippen molar-refractivity contribution in [3.8, 4) is 0 Å². The monoisotopic (exact) mass is 498 g/mol. The smallest absolute Gasteiger partial charge is 0.00313 e. The summed E-state index contributed by atoms with van der Waals surface area (Å²) in [5, 5.41) is 1.19. The van der Waals surface area contributed by atoms with Crippen molar-refractivity contribution in [3.05, 3.63) is 12.7 Å². The summed E-state index contributed by atoms with van der Waals surface area (Å²) < 4.78 is 0. The van der Waals surface area contributed by atoms with Gasteiger partial charge in [-0.3, -0.25) is 0 Å². The fraction of sp³-hybridized carbons (Fsp3) is 0.933. The number of rotatable bonds is 28. The van der Waals surface area contributed by atoms with E-state index in [0.717, 1.165) is 0 Å². The predicted molar refractivity (Wildman–Crippen MR) is 149 cm³/mol. The van der Waals surface area contributed by atoms with Gasteiger partial charge in [-0.15, -0.1) is 6.58 Å². The first kappa shape index (κ1) is 31.2. The van der Waals surface area contributed by atoms with Gasteiger partial charge in [0.25, 0.3) is 0 Å². The molecule has 0 rings (SSSR count). The van der Waals surface area contributed by atoms with Crippen molar-refractivity contribution in [2.24, 2.45) is 0 Å². The average molecular weight is 500 g/mol. The fourth-order valence-corrected chi connectivity index (χ4v) is 5.02. The predicted octanol–water partition coefficient (Wildman–Crippen LogP) is 12.1. The van der Waals surface area contributed by atoms with Gasteiger partial charge in [-0.25, -0.2) is 0 Å². The van der Waals surface area contributed by atoms with Crippen molar-refractivity contribution in [1.82, 2.24) is 0 Å². The molecule has 0 heterocycles. The van der Waals surface area contributed by atoms with Gasteiger partial charge < -0.3 is 0 Å². The molecule has 0 unspecified atom stereocenters. The van der Waals surface area contributed by atoms with Gasteiger partial charge in [0.05, 0.1) is 0 Å². The van der Waals surface area contributed by atoms with E-state index < -0.39 is 0 Å². The van der Waals surface area contributed by atoms with Crippen LogP contribution in [-0.2, 0) is 0 Å². The lowest BCUT2D eigenvalue weighted by Gasteiger charge is -2.04. The molecule has 0 N–H and O–H groups in total. The first-order valence-electron chi connectivity index (χ1n) is 14.6. The highest BCUT2D eigenvalue weighted by Gasteiger charge is 1.96. The minimum Gasteiger partial charge on any atom is -0.103 e. The average Bonchev–Trinajstić information content (AvgIpc) is 2.78. The lowest BCUT2D eigenvalue weighted by molar-refractivity contribution is 0.515. The molecule has 0 saturated carbocycles. The van der Waals surface area contributed by atoms with Crippen LogP contribution in [0.15, 0.2) is 12.7 Å². The van der Waals surface area contributed by atoms with Crippen LogP contribution in [0.25, 0.3) is 0 Å². The van der Waals surface area contributed by atoms with Crippen molar-refractivity contribution >= 4 is 15.9 Å². The third-order valence-corrected chi connectivity index (χ3v) is 7.35. The normalized spacial score (nSPS) is 11.3. The molecule has 31 heavy (non-hydrogen) atoms. The molecule has 0 saturated heterocycles. The third-order valence-electron chi connectivity index (χ3n) is 6.79. The number of alkyl halides is 1. The molecule has 0 atom stereocenters. The second-order valence-electron chi connectivity index (χ2n) is 9.96. The standard InChI is InChI=1S/C30H59Br/c1-2-3-4-5-6-7-8-9-10-11-12-13-14-15-16-17-18-19-20-21-22-23-24-25-26-27-28-29-30-31/h2H,1,3-30H2. The van der Waals surface area contributed by atoms with Crippen molar-refractivity contribution in [2.45, 2.75) is 173 Å². The van der Waals surface area contributed by atoms with E-state index in [2.05, 4.69) is 28.6 Å². The SMILES string of the molecule is C=CCCCCCCCCCCCCCCCCCCCCCCCCCCCCBr. The van der Waals surface area contributed by atoms with Gasteiger partial charge in [-0.05, 0) is 19.3 Å². The van der Waals surface area contributed by atoms with Crippen molar-refractivity contribution in [1.29, 1.82) is 0 Å². The van der Waals surface area contributed by atoms with Crippen molar-refractivity contribution in [2.75, 3.05) is 5.33 Å². The van der Waals surface area contributed by atoms with Crippen LogP contribution in [0.3, 0.4) is 0 Å². The molecular formula is C30H59Br. The Bertz CT molecular complexity index is 312. The summed E-state index contributed by atoms with van der Waals surface area (Å²) in [5.41, 5.74) is 0. The summed E-state index contributed by atoms with van der Waals surface area (Å²) in [7, 11) is 0. The van der Waals surface area contributed by atoms with Crippen LogP contribution in [0, 0.1) is 0 Å². The number of hydrogen-bond donors (Lipinski definition) is 0. The van der Waals surface area contributed by atoms with E-state index in [-0.39, 0.29) is 0 Å². The van der Waals surface area contributed by atoms with Crippen LogP contribution in [0.4, 0.5) is 0 Å². The van der Waals surface area contributed by atoms with Crippen LogP contribution < -0.4 is 0 Å². The zero-order valence-corrected chi connectivity index (χ0v) is 23.0. The van der Waals surface area contributed by atoms with E-state index in [0.29, 0.717) is 0 Å². The Morgan fingerprint density at radius 1 is 0.323 bits per heavy atom. The van der Waals surface area contributed by atoms with E-state index in [1.54, 1.807) is 0 Å². The van der Waals surface area contributed by atoms with E-state index in [9.17, 15) is 0 Å². The summed E-state index contributed by atoms with van der Waals surface area (Å²) in [6.45, 7) is 3.79. The van der Waals surface area contributed by atoms with Crippen LogP contribution in [0.5, 0.6) is 0 Å². The number of allylic oxidation sites excluding steroid dienone is 1. The Balaban J connectivity index is 2.98. The number of unbranched alkanes of at least 4 members (excludes halogenated alkanes) is 26. The molecule has 0 aliphatic carbocycles. The summed E-state index contributed by atoms with van der Waals surface area (Å²) in [4.78, 5) is 0. The Morgan fingerprint density at radius 3 is 0.710 bits per heavy atom. The summed E-state index contributed by atoms with van der Waals surface area (Å²) in [6.07, 6.45) is 41.3. The Morgan fingerprint density at radius 2 is 0.516 bits per heavy atom. The van der Waals surface area contributed by atoms with Gasteiger partial charge >= 0.3 is 0 Å². The molecule has 0 aromatic carbocycles. The summed E-state index contributed by atoms with van der Waals surface area (Å²) in [5.74, 6) is 0. The second kappa shape index (κ2) is 30.2. The Kier molecular flexibility index (Phi) is 30.4. The molecule has 0 bridgehead atoms. The van der Waals surface area contributed by atoms with Gasteiger partial charge in [0.2, 0.25) is 0 Å². The molecule has 0 amide bonds. The summed E-state index contributed by atoms with van der Waals surface area (Å²) >= 11 is 3.51. The second-order valence-corrected chi connectivity index (χ2v) is 10.8. The zero-order chi connectivity index (χ0) is 22.5. The van der Waals surface area contributed by atoms with E-state index in [1.807, 2.05) is 0 Å². The molecule has 0 radical (unpaired) electrons. The molecule has 0 fully saturated rings. The lowest BCUT2D eigenvalue weighted by Crippen LogP contribution is -1.85. The molecule has 0 aliphatic heterocycles. The molecule has 186 valence electrons. The Hall–Kier alpha value is 0.220. The van der Waals surface area contributed by atoms with Crippen molar-refractivity contribution < 1.29 is 0 Å². The van der Waals surface area contributed by atoms with E-state index in [1.165, 1.54) is 179 Å². The third kappa shape index (κ3) is 30.2. The van der Waals surface area contributed by atoms with Crippen LogP contribution in [0.2, 0.25) is 0 Å². The van der Waals surface area contributed by atoms with Crippen molar-refractivity contribution in [3.63, 3.8) is 0 Å². The highest BCUT2D eigenvalue weighted by Crippen LogP contribution is 2.16. The molecular weight excluding hydrogens is 440 g/mol. The van der Waals surface area contributed by atoms with Gasteiger partial charge in [0.1, 0.15) is 0 Å². The minimum absolute atomic E-state index is 1.19. The number of halogens is 1. The van der Waals surface area contributed by atoms with Gasteiger partial charge in [0, 0.05) is 5.33 Å². The van der Waals surface area contributed by atoms with Crippen LogP contribution in [-0.4, -0.2) is 5.33 Å². The van der Waals surface area contributed by atoms with Gasteiger partial charge in [-0.1, -0.05) is 176 Å². The highest BCUT2D eigenvalue weighted by molar-refractivity contribution is 9.09. The van der Waals surface area contributed by atoms with Gasteiger partial charge in [-0.2, -0.15) is 0 Å². The van der Waals surface area contributed by atoms with E-state index >= 15 is 0 Å². The van der Waals surface area contributed by atoms with Gasteiger partial charge in [0.15, 0.2) is 0 Å². The first-order chi connectivity index (χ1) is 15.4. The first-order valence-corrected chi connectivity index (χ1v) is 15.7. The topological polar surface area (TPSA) is 0 Å². The maximum Gasteiger partial charge on any atom is 0.00313 e. The van der Waals surface area contributed by atoms with E-state index in [4.69, 9.17) is 0 Å². The molecule has 0 spiro atoms. The molecule has 0 aliphatic rings. The molecule has 0 nitrogen and oxygen atoms in total. The quantitative estimate of drug-likeness (QED) is 0.0570. The van der Waals surface area contributed by atoms with Crippen LogP contribution >= 0.6 is 15.9 Å². The molecule has 0 aromatic heterocycles. The highest BCUT2D eigenvalue weighted by atomic mass is 79.9. The largest absolute Gasteiger partial charge is 0.103 e. The number of hydrogen-bond acceptors (Lipinski definition) is 0. The fourth-order valence-electron chi connectivity index (χ4n) is 4.63. The van der Waals surface area contributed by atoms with Crippen LogP contribution in [0.1, 0.15) is 173 Å². The maximum absolute atomic E-state index is 3.79. The lowest BCUT2D eigenvalue weighted by atomic mass is 10.0. The molecule has 0 aromatic rings. The Labute approximate surface area is 207 Å².